The normalized spacial score (nSPS) is 11.4. The quantitative estimate of drug-likeness (QED) is 0.227. The van der Waals surface area contributed by atoms with Gasteiger partial charge in [0.1, 0.15) is 0 Å². The molecule has 0 radical (unpaired) electrons. The Morgan fingerprint density at radius 3 is 1.68 bits per heavy atom. The summed E-state index contributed by atoms with van der Waals surface area (Å²) in [6.07, 6.45) is 0. The van der Waals surface area contributed by atoms with Crippen molar-refractivity contribution in [2.24, 2.45) is 0 Å². The first-order chi connectivity index (χ1) is 18.3. The van der Waals surface area contributed by atoms with Crippen LogP contribution in [0.2, 0.25) is 5.02 Å². The number of aryl methyl sites for hydroxylation is 5. The Balaban J connectivity index is 1.66. The van der Waals surface area contributed by atoms with Crippen LogP contribution in [-0.4, -0.2) is 4.57 Å². The molecule has 0 saturated heterocycles. The molecular formula is C35H31ClN2. The van der Waals surface area contributed by atoms with E-state index in [0.717, 1.165) is 22.7 Å². The minimum atomic E-state index is 0.704. The summed E-state index contributed by atoms with van der Waals surface area (Å²) in [6, 6.07) is 34.8. The van der Waals surface area contributed by atoms with Gasteiger partial charge < -0.3 is 9.47 Å². The van der Waals surface area contributed by atoms with Crippen molar-refractivity contribution in [3.8, 4) is 5.69 Å². The number of fused-ring (bicyclic) bond motifs is 3. The largest absolute Gasteiger partial charge is 0.310 e. The van der Waals surface area contributed by atoms with Crippen molar-refractivity contribution in [2.45, 2.75) is 34.6 Å². The Morgan fingerprint density at radius 1 is 0.526 bits per heavy atom. The highest BCUT2D eigenvalue weighted by Crippen LogP contribution is 2.41. The molecule has 0 aliphatic rings. The minimum Gasteiger partial charge on any atom is -0.310 e. The Morgan fingerprint density at radius 2 is 1.08 bits per heavy atom. The first-order valence-corrected chi connectivity index (χ1v) is 13.4. The predicted octanol–water partition coefficient (Wildman–Crippen LogP) is 10.4. The molecule has 5 aromatic carbocycles. The molecular weight excluding hydrogens is 484 g/mol. The molecule has 0 bridgehead atoms. The van der Waals surface area contributed by atoms with Gasteiger partial charge in [0, 0.05) is 38.5 Å². The summed E-state index contributed by atoms with van der Waals surface area (Å²) in [7, 11) is 0. The molecule has 38 heavy (non-hydrogen) atoms. The van der Waals surface area contributed by atoms with E-state index in [1.807, 2.05) is 0 Å². The SMILES string of the molecule is Cc1cccc(N(c2cc(C)cc(C)c2)c2cc(Cl)cc(-n3c4cccc(C)c4c4c(C)cccc43)c2)c1. The number of rotatable bonds is 4. The van der Waals surface area contributed by atoms with Crippen LogP contribution in [0.15, 0.2) is 97.1 Å². The van der Waals surface area contributed by atoms with E-state index in [9.17, 15) is 0 Å². The molecule has 0 amide bonds. The van der Waals surface area contributed by atoms with Gasteiger partial charge in [0.15, 0.2) is 0 Å². The first kappa shape index (κ1) is 24.3. The summed E-state index contributed by atoms with van der Waals surface area (Å²) >= 11 is 6.90. The molecule has 6 aromatic rings. The second-order valence-electron chi connectivity index (χ2n) is 10.5. The molecule has 3 heteroatoms. The summed E-state index contributed by atoms with van der Waals surface area (Å²) in [5.41, 5.74) is 12.9. The zero-order chi connectivity index (χ0) is 26.6. The van der Waals surface area contributed by atoms with Crippen LogP contribution in [0.5, 0.6) is 0 Å². The smallest absolute Gasteiger partial charge is 0.0543 e. The third-order valence-electron chi connectivity index (χ3n) is 7.34. The van der Waals surface area contributed by atoms with Gasteiger partial charge in [0.2, 0.25) is 0 Å². The predicted molar refractivity (Wildman–Crippen MR) is 164 cm³/mol. The lowest BCUT2D eigenvalue weighted by Gasteiger charge is -2.27. The molecule has 0 spiro atoms. The van der Waals surface area contributed by atoms with Crippen molar-refractivity contribution in [3.05, 3.63) is 130 Å². The second-order valence-corrected chi connectivity index (χ2v) is 10.9. The lowest BCUT2D eigenvalue weighted by molar-refractivity contribution is 1.16. The monoisotopic (exact) mass is 514 g/mol. The van der Waals surface area contributed by atoms with Crippen LogP contribution < -0.4 is 4.90 Å². The van der Waals surface area contributed by atoms with E-state index < -0.39 is 0 Å². The van der Waals surface area contributed by atoms with Crippen molar-refractivity contribution < 1.29 is 0 Å². The fourth-order valence-electron chi connectivity index (χ4n) is 5.85. The topological polar surface area (TPSA) is 8.17 Å². The van der Waals surface area contributed by atoms with Gasteiger partial charge in [-0.15, -0.1) is 0 Å². The van der Waals surface area contributed by atoms with Crippen LogP contribution in [0.25, 0.3) is 27.5 Å². The number of hydrogen-bond acceptors (Lipinski definition) is 1. The molecule has 0 aliphatic heterocycles. The van der Waals surface area contributed by atoms with Crippen LogP contribution in [0.1, 0.15) is 27.8 Å². The molecule has 0 aliphatic carbocycles. The highest BCUT2D eigenvalue weighted by atomic mass is 35.5. The van der Waals surface area contributed by atoms with E-state index in [-0.39, 0.29) is 0 Å². The number of aromatic nitrogens is 1. The van der Waals surface area contributed by atoms with E-state index in [1.165, 1.54) is 49.6 Å². The maximum atomic E-state index is 6.90. The minimum absolute atomic E-state index is 0.704. The summed E-state index contributed by atoms with van der Waals surface area (Å²) in [5.74, 6) is 0. The highest BCUT2D eigenvalue weighted by Gasteiger charge is 2.19. The van der Waals surface area contributed by atoms with Crippen LogP contribution >= 0.6 is 11.6 Å². The third-order valence-corrected chi connectivity index (χ3v) is 7.56. The van der Waals surface area contributed by atoms with Gasteiger partial charge in [-0.05, 0) is 117 Å². The van der Waals surface area contributed by atoms with Crippen molar-refractivity contribution in [1.29, 1.82) is 0 Å². The van der Waals surface area contributed by atoms with Gasteiger partial charge >= 0.3 is 0 Å². The molecule has 0 atom stereocenters. The van der Waals surface area contributed by atoms with Crippen molar-refractivity contribution in [2.75, 3.05) is 4.90 Å². The molecule has 0 fully saturated rings. The average molecular weight is 515 g/mol. The van der Waals surface area contributed by atoms with E-state index in [0.29, 0.717) is 5.02 Å². The Hall–Kier alpha value is -4.01. The van der Waals surface area contributed by atoms with Crippen molar-refractivity contribution >= 4 is 50.5 Å². The Kier molecular flexibility index (Phi) is 6.01. The zero-order valence-electron chi connectivity index (χ0n) is 22.5. The molecule has 188 valence electrons. The van der Waals surface area contributed by atoms with Gasteiger partial charge in [-0.1, -0.05) is 54.1 Å². The third kappa shape index (κ3) is 4.15. The lowest BCUT2D eigenvalue weighted by Crippen LogP contribution is -2.11. The second kappa shape index (κ2) is 9.38. The maximum Gasteiger partial charge on any atom is 0.0543 e. The average Bonchev–Trinajstić information content (AvgIpc) is 3.20. The van der Waals surface area contributed by atoms with Crippen LogP contribution in [-0.2, 0) is 0 Å². The van der Waals surface area contributed by atoms with Gasteiger partial charge in [-0.2, -0.15) is 0 Å². The summed E-state index contributed by atoms with van der Waals surface area (Å²) in [6.45, 7) is 10.8. The van der Waals surface area contributed by atoms with E-state index in [1.54, 1.807) is 0 Å². The Bertz CT molecular complexity index is 1760. The van der Waals surface area contributed by atoms with Crippen LogP contribution in [0.3, 0.4) is 0 Å². The molecule has 0 unspecified atom stereocenters. The van der Waals surface area contributed by atoms with Gasteiger partial charge in [-0.25, -0.2) is 0 Å². The lowest BCUT2D eigenvalue weighted by atomic mass is 10.0. The van der Waals surface area contributed by atoms with Gasteiger partial charge in [0.25, 0.3) is 0 Å². The van der Waals surface area contributed by atoms with Crippen molar-refractivity contribution in [1.82, 2.24) is 4.57 Å². The fourth-order valence-corrected chi connectivity index (χ4v) is 6.07. The zero-order valence-corrected chi connectivity index (χ0v) is 23.3. The number of nitrogens with zero attached hydrogens (tertiary/aromatic N) is 2. The molecule has 1 heterocycles. The number of hydrogen-bond donors (Lipinski definition) is 0. The van der Waals surface area contributed by atoms with Crippen molar-refractivity contribution in [3.63, 3.8) is 0 Å². The summed E-state index contributed by atoms with van der Waals surface area (Å²) in [4.78, 5) is 2.31. The molecule has 0 N–H and O–H groups in total. The summed E-state index contributed by atoms with van der Waals surface area (Å²) < 4.78 is 2.36. The Labute approximate surface area is 229 Å². The van der Waals surface area contributed by atoms with Crippen LogP contribution in [0.4, 0.5) is 17.1 Å². The first-order valence-electron chi connectivity index (χ1n) is 13.1. The maximum absolute atomic E-state index is 6.90. The number of benzene rings is 5. The van der Waals surface area contributed by atoms with Crippen LogP contribution in [0, 0.1) is 34.6 Å². The molecule has 0 saturated carbocycles. The van der Waals surface area contributed by atoms with Gasteiger partial charge in [0.05, 0.1) is 11.0 Å². The standard InChI is InChI=1S/C35H31ClN2/c1-22-9-6-12-28(16-22)37(29-17-23(2)15-24(3)18-29)30-19-27(36)20-31(21-30)38-32-13-7-10-25(4)34(32)35-26(5)11-8-14-33(35)38/h6-21H,1-5H3. The summed E-state index contributed by atoms with van der Waals surface area (Å²) in [5, 5.41) is 3.30. The molecule has 6 rings (SSSR count). The fraction of sp³-hybridized carbons (Fsp3) is 0.143. The molecule has 2 nitrogen and oxygen atoms in total. The number of anilines is 3. The van der Waals surface area contributed by atoms with Gasteiger partial charge in [-0.3, -0.25) is 0 Å². The van der Waals surface area contributed by atoms with E-state index in [4.69, 9.17) is 11.6 Å². The van der Waals surface area contributed by atoms with E-state index in [2.05, 4.69) is 141 Å². The highest BCUT2D eigenvalue weighted by molar-refractivity contribution is 6.31. The molecule has 1 aromatic heterocycles. The van der Waals surface area contributed by atoms with E-state index >= 15 is 0 Å². The number of halogens is 1.